The summed E-state index contributed by atoms with van der Waals surface area (Å²) in [4.78, 5) is 24.7. The van der Waals surface area contributed by atoms with Crippen molar-refractivity contribution in [2.75, 3.05) is 19.4 Å². The molecule has 104 valence electrons. The summed E-state index contributed by atoms with van der Waals surface area (Å²) in [6, 6.07) is 3.59. The van der Waals surface area contributed by atoms with Gasteiger partial charge in [-0.1, -0.05) is 0 Å². The molecule has 0 bridgehead atoms. The Labute approximate surface area is 111 Å². The third-order valence-electron chi connectivity index (χ3n) is 2.71. The Balaban J connectivity index is 2.66. The first kappa shape index (κ1) is 14.9. The van der Waals surface area contributed by atoms with Crippen LogP contribution in [-0.2, 0) is 9.53 Å². The summed E-state index contributed by atoms with van der Waals surface area (Å²) in [5.41, 5.74) is 5.43. The zero-order valence-electron chi connectivity index (χ0n) is 11.1. The van der Waals surface area contributed by atoms with Crippen molar-refractivity contribution in [3.63, 3.8) is 0 Å². The van der Waals surface area contributed by atoms with E-state index in [1.54, 1.807) is 7.05 Å². The minimum atomic E-state index is -0.907. The van der Waals surface area contributed by atoms with Crippen molar-refractivity contribution < 1.29 is 18.7 Å². The van der Waals surface area contributed by atoms with E-state index in [0.717, 1.165) is 6.07 Å². The summed E-state index contributed by atoms with van der Waals surface area (Å²) < 4.78 is 18.2. The number of nitrogen functional groups attached to an aromatic ring is 1. The fourth-order valence-electron chi connectivity index (χ4n) is 1.29. The van der Waals surface area contributed by atoms with Gasteiger partial charge < -0.3 is 15.4 Å². The van der Waals surface area contributed by atoms with Crippen molar-refractivity contribution in [2.45, 2.75) is 19.9 Å². The average molecular weight is 268 g/mol. The molecule has 0 radical (unpaired) electrons. The number of likely N-dealkylation sites (N-methyl/N-ethyl adjacent to an activating group) is 1. The largest absolute Gasteiger partial charge is 0.452 e. The van der Waals surface area contributed by atoms with Crippen LogP contribution < -0.4 is 5.73 Å². The highest BCUT2D eigenvalue weighted by atomic mass is 19.1. The number of nitrogens with zero attached hydrogens (tertiary/aromatic N) is 1. The molecule has 6 heteroatoms. The van der Waals surface area contributed by atoms with E-state index in [1.165, 1.54) is 17.0 Å². The quantitative estimate of drug-likeness (QED) is 0.662. The van der Waals surface area contributed by atoms with Crippen molar-refractivity contribution in [3.05, 3.63) is 29.6 Å². The molecule has 0 saturated carbocycles. The van der Waals surface area contributed by atoms with Crippen molar-refractivity contribution in [1.82, 2.24) is 4.90 Å². The van der Waals surface area contributed by atoms with Crippen LogP contribution in [0, 0.1) is 5.82 Å². The van der Waals surface area contributed by atoms with Crippen LogP contribution in [0.25, 0.3) is 0 Å². The van der Waals surface area contributed by atoms with Gasteiger partial charge in [-0.15, -0.1) is 0 Å². The second kappa shape index (κ2) is 6.17. The lowest BCUT2D eigenvalue weighted by Gasteiger charge is -2.21. The van der Waals surface area contributed by atoms with E-state index in [9.17, 15) is 14.0 Å². The fourth-order valence-corrected chi connectivity index (χ4v) is 1.29. The topological polar surface area (TPSA) is 72.6 Å². The zero-order chi connectivity index (χ0) is 14.6. The molecule has 0 aromatic heterocycles. The fraction of sp³-hybridized carbons (Fsp3) is 0.385. The smallest absolute Gasteiger partial charge is 0.341 e. The van der Waals surface area contributed by atoms with Gasteiger partial charge in [-0.3, -0.25) is 4.79 Å². The minimum absolute atomic E-state index is 0.00434. The summed E-state index contributed by atoms with van der Waals surface area (Å²) in [6.07, 6.45) is 0. The molecular weight excluding hydrogens is 251 g/mol. The van der Waals surface area contributed by atoms with Gasteiger partial charge in [0.2, 0.25) is 0 Å². The number of hydrogen-bond acceptors (Lipinski definition) is 4. The maximum absolute atomic E-state index is 13.4. The number of rotatable bonds is 4. The summed E-state index contributed by atoms with van der Waals surface area (Å²) in [5, 5.41) is 0. The van der Waals surface area contributed by atoms with Crippen LogP contribution in [0.2, 0.25) is 0 Å². The zero-order valence-corrected chi connectivity index (χ0v) is 11.1. The highest BCUT2D eigenvalue weighted by Crippen LogP contribution is 2.13. The Morgan fingerprint density at radius 3 is 2.63 bits per heavy atom. The van der Waals surface area contributed by atoms with Crippen LogP contribution in [0.15, 0.2) is 18.2 Å². The maximum atomic E-state index is 13.4. The van der Waals surface area contributed by atoms with Gasteiger partial charge in [-0.05, 0) is 32.0 Å². The van der Waals surface area contributed by atoms with Gasteiger partial charge in [0.05, 0.1) is 5.56 Å². The van der Waals surface area contributed by atoms with Gasteiger partial charge >= 0.3 is 5.97 Å². The lowest BCUT2D eigenvalue weighted by atomic mass is 10.2. The number of amides is 1. The number of carbonyl (C=O) groups is 2. The summed E-state index contributed by atoms with van der Waals surface area (Å²) in [5.74, 6) is -1.99. The maximum Gasteiger partial charge on any atom is 0.341 e. The van der Waals surface area contributed by atoms with Crippen LogP contribution in [0.3, 0.4) is 0 Å². The summed E-state index contributed by atoms with van der Waals surface area (Å²) in [7, 11) is 1.60. The highest BCUT2D eigenvalue weighted by molar-refractivity contribution is 5.92. The van der Waals surface area contributed by atoms with Gasteiger partial charge in [-0.25, -0.2) is 9.18 Å². The molecule has 0 heterocycles. The first-order chi connectivity index (χ1) is 8.82. The molecule has 1 aromatic rings. The molecule has 0 aliphatic carbocycles. The number of halogens is 1. The molecule has 0 aliphatic heterocycles. The SMILES string of the molecule is CC(C)N(C)C(=O)COC(=O)c1cc(N)ccc1F. The molecule has 0 saturated heterocycles. The average Bonchev–Trinajstić information content (AvgIpc) is 2.37. The number of hydrogen-bond donors (Lipinski definition) is 1. The van der Waals surface area contributed by atoms with Crippen LogP contribution in [-0.4, -0.2) is 36.5 Å². The number of anilines is 1. The predicted octanol–water partition coefficient (Wildman–Crippen LogP) is 1.43. The molecule has 1 aromatic carbocycles. The van der Waals surface area contributed by atoms with Crippen LogP contribution in [0.5, 0.6) is 0 Å². The molecule has 5 nitrogen and oxygen atoms in total. The standard InChI is InChI=1S/C13H17FN2O3/c1-8(2)16(3)12(17)7-19-13(18)10-6-9(15)4-5-11(10)14/h4-6,8H,7,15H2,1-3H3. The Morgan fingerprint density at radius 1 is 1.42 bits per heavy atom. The predicted molar refractivity (Wildman–Crippen MR) is 69.0 cm³/mol. The first-order valence-corrected chi connectivity index (χ1v) is 5.80. The highest BCUT2D eigenvalue weighted by Gasteiger charge is 2.17. The minimum Gasteiger partial charge on any atom is -0.452 e. The van der Waals surface area contributed by atoms with Crippen LogP contribution >= 0.6 is 0 Å². The molecule has 0 fully saturated rings. The van der Waals surface area contributed by atoms with Gasteiger partial charge in [0.15, 0.2) is 6.61 Å². The Kier molecular flexibility index (Phi) is 4.86. The number of carbonyl (C=O) groups excluding carboxylic acids is 2. The molecule has 1 amide bonds. The third kappa shape index (κ3) is 3.94. The molecule has 2 N–H and O–H groups in total. The van der Waals surface area contributed by atoms with Gasteiger partial charge in [0.1, 0.15) is 5.82 Å². The van der Waals surface area contributed by atoms with E-state index >= 15 is 0 Å². The van der Waals surface area contributed by atoms with E-state index in [1.807, 2.05) is 13.8 Å². The molecular formula is C13H17FN2O3. The first-order valence-electron chi connectivity index (χ1n) is 5.80. The second-order valence-corrected chi connectivity index (χ2v) is 4.41. The van der Waals surface area contributed by atoms with Gasteiger partial charge in [-0.2, -0.15) is 0 Å². The number of ether oxygens (including phenoxy) is 1. The monoisotopic (exact) mass is 268 g/mol. The summed E-state index contributed by atoms with van der Waals surface area (Å²) in [6.45, 7) is 3.23. The van der Waals surface area contributed by atoms with E-state index in [-0.39, 0.29) is 23.2 Å². The lowest BCUT2D eigenvalue weighted by molar-refractivity contribution is -0.134. The normalized spacial score (nSPS) is 10.4. The second-order valence-electron chi connectivity index (χ2n) is 4.41. The molecule has 0 atom stereocenters. The van der Waals surface area contributed by atoms with E-state index in [2.05, 4.69) is 0 Å². The Bertz CT molecular complexity index is 489. The molecule has 0 unspecified atom stereocenters. The van der Waals surface area contributed by atoms with Crippen LogP contribution in [0.1, 0.15) is 24.2 Å². The summed E-state index contributed by atoms with van der Waals surface area (Å²) >= 11 is 0. The van der Waals surface area contributed by atoms with E-state index < -0.39 is 18.4 Å². The van der Waals surface area contributed by atoms with Crippen LogP contribution in [0.4, 0.5) is 10.1 Å². The number of benzene rings is 1. The molecule has 1 rings (SSSR count). The van der Waals surface area contributed by atoms with E-state index in [0.29, 0.717) is 0 Å². The number of nitrogens with two attached hydrogens (primary N) is 1. The van der Waals surface area contributed by atoms with Gasteiger partial charge in [0.25, 0.3) is 5.91 Å². The van der Waals surface area contributed by atoms with Gasteiger partial charge in [0, 0.05) is 18.8 Å². The lowest BCUT2D eigenvalue weighted by Crippen LogP contribution is -2.36. The third-order valence-corrected chi connectivity index (χ3v) is 2.71. The van der Waals surface area contributed by atoms with Crippen molar-refractivity contribution in [3.8, 4) is 0 Å². The van der Waals surface area contributed by atoms with Crippen molar-refractivity contribution in [1.29, 1.82) is 0 Å². The van der Waals surface area contributed by atoms with Crippen molar-refractivity contribution in [2.24, 2.45) is 0 Å². The molecule has 19 heavy (non-hydrogen) atoms. The number of esters is 1. The Hall–Kier alpha value is -2.11. The molecule has 0 spiro atoms. The molecule has 0 aliphatic rings. The Morgan fingerprint density at radius 2 is 2.05 bits per heavy atom. The van der Waals surface area contributed by atoms with E-state index in [4.69, 9.17) is 10.5 Å². The van der Waals surface area contributed by atoms with Crippen molar-refractivity contribution >= 4 is 17.6 Å².